The Kier molecular flexibility index (Phi) is 6.03. The second kappa shape index (κ2) is 7.57. The van der Waals surface area contributed by atoms with Gasteiger partial charge in [-0.3, -0.25) is 10.1 Å². The Morgan fingerprint density at radius 3 is 3.00 bits per heavy atom. The molecule has 0 saturated carbocycles. The highest BCUT2D eigenvalue weighted by Gasteiger charge is 2.17. The monoisotopic (exact) mass is 255 g/mol. The van der Waals surface area contributed by atoms with Crippen molar-refractivity contribution in [3.05, 3.63) is 27.9 Å². The Labute approximate surface area is 105 Å². The largest absolute Gasteiger partial charge is 0.394 e. The van der Waals surface area contributed by atoms with Gasteiger partial charge in [0, 0.05) is 24.9 Å². The van der Waals surface area contributed by atoms with Crippen LogP contribution in [-0.4, -0.2) is 41.4 Å². The number of ether oxygens (including phenoxy) is 1. The van der Waals surface area contributed by atoms with Crippen molar-refractivity contribution in [2.45, 2.75) is 13.3 Å². The van der Waals surface area contributed by atoms with Crippen molar-refractivity contribution < 1.29 is 14.8 Å². The third kappa shape index (κ3) is 4.27. The van der Waals surface area contributed by atoms with E-state index in [2.05, 4.69) is 10.3 Å². The van der Waals surface area contributed by atoms with E-state index >= 15 is 0 Å². The maximum Gasteiger partial charge on any atom is 0.314 e. The minimum Gasteiger partial charge on any atom is -0.394 e. The van der Waals surface area contributed by atoms with Crippen molar-refractivity contribution in [1.82, 2.24) is 4.98 Å². The average molecular weight is 255 g/mol. The van der Waals surface area contributed by atoms with Crippen molar-refractivity contribution in [2.75, 3.05) is 31.7 Å². The second-order valence-corrected chi connectivity index (χ2v) is 3.70. The number of hydrogen-bond donors (Lipinski definition) is 2. The molecular formula is C11H17N3O4. The Morgan fingerprint density at radius 2 is 2.33 bits per heavy atom. The Morgan fingerprint density at radius 1 is 1.56 bits per heavy atom. The number of rotatable bonds is 8. The summed E-state index contributed by atoms with van der Waals surface area (Å²) in [6.45, 7) is 3.01. The van der Waals surface area contributed by atoms with Crippen LogP contribution in [0.1, 0.15) is 12.0 Å². The number of nitrogens with one attached hydrogen (secondary N) is 1. The first-order valence-corrected chi connectivity index (χ1v) is 5.69. The standard InChI is InChI=1S/C11H17N3O4/c1-9-3-5-13-11(10(9)14(16)17)12-4-2-7-18-8-6-15/h3,5,15H,2,4,6-8H2,1H3,(H,12,13). The summed E-state index contributed by atoms with van der Waals surface area (Å²) in [5.41, 5.74) is 0.586. The van der Waals surface area contributed by atoms with Crippen LogP contribution in [-0.2, 0) is 4.74 Å². The number of nitrogens with zero attached hydrogens (tertiary/aromatic N) is 2. The Hall–Kier alpha value is -1.73. The molecule has 18 heavy (non-hydrogen) atoms. The number of aliphatic hydroxyl groups is 1. The maximum absolute atomic E-state index is 10.9. The van der Waals surface area contributed by atoms with Crippen LogP contribution in [0.5, 0.6) is 0 Å². The number of aliphatic hydroxyl groups excluding tert-OH is 1. The van der Waals surface area contributed by atoms with Gasteiger partial charge < -0.3 is 15.2 Å². The van der Waals surface area contributed by atoms with E-state index in [0.717, 1.165) is 0 Å². The third-order valence-electron chi connectivity index (χ3n) is 2.30. The van der Waals surface area contributed by atoms with Gasteiger partial charge in [-0.25, -0.2) is 4.98 Å². The molecule has 1 heterocycles. The zero-order valence-corrected chi connectivity index (χ0v) is 10.3. The molecule has 1 aromatic heterocycles. The van der Waals surface area contributed by atoms with Crippen LogP contribution in [0.25, 0.3) is 0 Å². The van der Waals surface area contributed by atoms with E-state index in [0.29, 0.717) is 31.7 Å². The maximum atomic E-state index is 10.9. The number of anilines is 1. The summed E-state index contributed by atoms with van der Waals surface area (Å²) in [6, 6.07) is 1.60. The summed E-state index contributed by atoms with van der Waals surface area (Å²) >= 11 is 0. The van der Waals surface area contributed by atoms with Crippen LogP contribution in [0.3, 0.4) is 0 Å². The molecule has 100 valence electrons. The van der Waals surface area contributed by atoms with Crippen LogP contribution >= 0.6 is 0 Å². The lowest BCUT2D eigenvalue weighted by molar-refractivity contribution is -0.384. The van der Waals surface area contributed by atoms with Crippen LogP contribution in [0.2, 0.25) is 0 Å². The quantitative estimate of drug-likeness (QED) is 0.410. The van der Waals surface area contributed by atoms with Gasteiger partial charge in [-0.15, -0.1) is 0 Å². The Bertz CT molecular complexity index is 398. The lowest BCUT2D eigenvalue weighted by atomic mass is 10.2. The van der Waals surface area contributed by atoms with Gasteiger partial charge in [0.15, 0.2) is 0 Å². The van der Waals surface area contributed by atoms with Crippen LogP contribution < -0.4 is 5.32 Å². The van der Waals surface area contributed by atoms with Gasteiger partial charge >= 0.3 is 5.69 Å². The fourth-order valence-corrected chi connectivity index (χ4v) is 1.46. The first kappa shape index (κ1) is 14.3. The van der Waals surface area contributed by atoms with Gasteiger partial charge in [-0.05, 0) is 19.4 Å². The molecule has 0 unspecified atom stereocenters. The molecule has 1 rings (SSSR count). The van der Waals surface area contributed by atoms with Gasteiger partial charge in [-0.2, -0.15) is 0 Å². The van der Waals surface area contributed by atoms with E-state index in [1.807, 2.05) is 0 Å². The van der Waals surface area contributed by atoms with Crippen LogP contribution in [0, 0.1) is 17.0 Å². The number of aryl methyl sites for hydroxylation is 1. The number of hydrogen-bond acceptors (Lipinski definition) is 6. The zero-order chi connectivity index (χ0) is 13.4. The molecule has 1 aromatic rings. The molecule has 0 aliphatic carbocycles. The van der Waals surface area contributed by atoms with Crippen molar-refractivity contribution in [3.63, 3.8) is 0 Å². The predicted octanol–water partition coefficient (Wildman–Crippen LogP) is 1.11. The van der Waals surface area contributed by atoms with E-state index < -0.39 is 4.92 Å². The second-order valence-electron chi connectivity index (χ2n) is 3.70. The molecule has 0 fully saturated rings. The smallest absolute Gasteiger partial charge is 0.314 e. The highest BCUT2D eigenvalue weighted by atomic mass is 16.6. The predicted molar refractivity (Wildman–Crippen MR) is 66.6 cm³/mol. The lowest BCUT2D eigenvalue weighted by Crippen LogP contribution is -2.10. The first-order valence-electron chi connectivity index (χ1n) is 5.69. The summed E-state index contributed by atoms with van der Waals surface area (Å²) in [7, 11) is 0. The van der Waals surface area contributed by atoms with E-state index in [1.165, 1.54) is 6.20 Å². The molecule has 0 aliphatic rings. The molecule has 0 radical (unpaired) electrons. The molecule has 0 atom stereocenters. The molecule has 0 aromatic carbocycles. The molecule has 7 nitrogen and oxygen atoms in total. The van der Waals surface area contributed by atoms with E-state index in [-0.39, 0.29) is 18.1 Å². The highest BCUT2D eigenvalue weighted by molar-refractivity contribution is 5.59. The SMILES string of the molecule is Cc1ccnc(NCCCOCCO)c1[N+](=O)[O-]. The summed E-state index contributed by atoms with van der Waals surface area (Å²) in [5, 5.41) is 22.3. The van der Waals surface area contributed by atoms with Crippen molar-refractivity contribution in [3.8, 4) is 0 Å². The van der Waals surface area contributed by atoms with Crippen molar-refractivity contribution in [2.24, 2.45) is 0 Å². The minimum atomic E-state index is -0.438. The molecular weight excluding hydrogens is 238 g/mol. The molecule has 2 N–H and O–H groups in total. The normalized spacial score (nSPS) is 10.3. The molecule has 0 spiro atoms. The molecule has 0 amide bonds. The molecule has 0 bridgehead atoms. The first-order chi connectivity index (χ1) is 8.66. The average Bonchev–Trinajstić information content (AvgIpc) is 2.33. The van der Waals surface area contributed by atoms with Gasteiger partial charge in [0.25, 0.3) is 0 Å². The lowest BCUT2D eigenvalue weighted by Gasteiger charge is -2.07. The van der Waals surface area contributed by atoms with E-state index in [9.17, 15) is 10.1 Å². The van der Waals surface area contributed by atoms with Crippen molar-refractivity contribution >= 4 is 11.5 Å². The van der Waals surface area contributed by atoms with Gasteiger partial charge in [0.2, 0.25) is 5.82 Å². The third-order valence-corrected chi connectivity index (χ3v) is 2.30. The highest BCUT2D eigenvalue weighted by Crippen LogP contribution is 2.25. The fourth-order valence-electron chi connectivity index (χ4n) is 1.46. The number of aromatic nitrogens is 1. The number of nitro groups is 1. The van der Waals surface area contributed by atoms with Gasteiger partial charge in [0.1, 0.15) is 0 Å². The minimum absolute atomic E-state index is 0.00165. The molecule has 7 heteroatoms. The zero-order valence-electron chi connectivity index (χ0n) is 10.3. The van der Waals surface area contributed by atoms with E-state index in [4.69, 9.17) is 9.84 Å². The van der Waals surface area contributed by atoms with Crippen molar-refractivity contribution in [1.29, 1.82) is 0 Å². The fraction of sp³-hybridized carbons (Fsp3) is 0.545. The Balaban J connectivity index is 2.47. The summed E-state index contributed by atoms with van der Waals surface area (Å²) in [4.78, 5) is 14.4. The van der Waals surface area contributed by atoms with Crippen LogP contribution in [0.15, 0.2) is 12.3 Å². The summed E-state index contributed by atoms with van der Waals surface area (Å²) < 4.78 is 5.08. The molecule has 0 aliphatic heterocycles. The topological polar surface area (TPSA) is 97.5 Å². The molecule has 0 saturated heterocycles. The summed E-state index contributed by atoms with van der Waals surface area (Å²) in [6.07, 6.45) is 2.22. The van der Waals surface area contributed by atoms with Crippen LogP contribution in [0.4, 0.5) is 11.5 Å². The number of pyridine rings is 1. The van der Waals surface area contributed by atoms with Gasteiger partial charge in [-0.1, -0.05) is 0 Å². The summed E-state index contributed by atoms with van der Waals surface area (Å²) in [5.74, 6) is 0.280. The van der Waals surface area contributed by atoms with Gasteiger partial charge in [0.05, 0.1) is 18.1 Å². The van der Waals surface area contributed by atoms with E-state index in [1.54, 1.807) is 13.0 Å².